The lowest BCUT2D eigenvalue weighted by Gasteiger charge is -2.15. The van der Waals surface area contributed by atoms with Crippen molar-refractivity contribution < 1.29 is 5.11 Å². The van der Waals surface area contributed by atoms with Gasteiger partial charge in [-0.05, 0) is 17.9 Å². The zero-order valence-corrected chi connectivity index (χ0v) is 11.0. The first-order valence-corrected chi connectivity index (χ1v) is 6.62. The maximum Gasteiger partial charge on any atom is 0.328 e. The van der Waals surface area contributed by atoms with Crippen LogP contribution in [0.4, 0.5) is 0 Å². The number of hydrogen-bond acceptors (Lipinski definition) is 3. The van der Waals surface area contributed by atoms with E-state index in [4.69, 9.17) is 0 Å². The summed E-state index contributed by atoms with van der Waals surface area (Å²) >= 11 is 0. The summed E-state index contributed by atoms with van der Waals surface area (Å²) in [5.41, 5.74) is 0.0596. The first kappa shape index (κ1) is 12.9. The molecule has 0 amide bonds. The van der Waals surface area contributed by atoms with E-state index >= 15 is 0 Å². The zero-order valence-electron chi connectivity index (χ0n) is 11.0. The van der Waals surface area contributed by atoms with Gasteiger partial charge in [0.05, 0.1) is 6.61 Å². The van der Waals surface area contributed by atoms with Crippen LogP contribution in [-0.2, 0) is 12.0 Å². The average Bonchev–Trinajstić information content (AvgIpc) is 3.17. The molecule has 1 heterocycles. The van der Waals surface area contributed by atoms with Crippen LogP contribution in [0.15, 0.2) is 52.2 Å². The van der Waals surface area contributed by atoms with Crippen LogP contribution in [0.1, 0.15) is 12.0 Å². The summed E-state index contributed by atoms with van der Waals surface area (Å²) in [5.74, 6) is 0.207. The van der Waals surface area contributed by atoms with Crippen molar-refractivity contribution in [1.29, 1.82) is 0 Å². The third-order valence-corrected chi connectivity index (χ3v) is 4.18. The van der Waals surface area contributed by atoms with E-state index in [9.17, 15) is 14.7 Å². The summed E-state index contributed by atoms with van der Waals surface area (Å²) in [4.78, 5) is 25.0. The van der Waals surface area contributed by atoms with Gasteiger partial charge in [-0.15, -0.1) is 0 Å². The summed E-state index contributed by atoms with van der Waals surface area (Å²) in [7, 11) is 0. The van der Waals surface area contributed by atoms with Crippen molar-refractivity contribution >= 4 is 0 Å². The second-order valence-electron chi connectivity index (χ2n) is 5.34. The number of aliphatic hydroxyl groups is 1. The predicted octanol–water partition coefficient (Wildman–Crippen LogP) is 0.487. The highest BCUT2D eigenvalue weighted by atomic mass is 16.3. The van der Waals surface area contributed by atoms with Crippen LogP contribution in [0.3, 0.4) is 0 Å². The van der Waals surface area contributed by atoms with E-state index in [0.29, 0.717) is 6.54 Å². The number of nitrogens with zero attached hydrogens (tertiary/aromatic N) is 1. The Kier molecular flexibility index (Phi) is 3.06. The molecule has 1 aromatic carbocycles. The molecule has 5 heteroatoms. The molecule has 0 bridgehead atoms. The molecule has 20 heavy (non-hydrogen) atoms. The largest absolute Gasteiger partial charge is 0.395 e. The van der Waals surface area contributed by atoms with Crippen molar-refractivity contribution in [2.24, 2.45) is 5.92 Å². The van der Waals surface area contributed by atoms with Gasteiger partial charge in [-0.1, -0.05) is 30.3 Å². The lowest BCUT2D eigenvalue weighted by Crippen LogP contribution is -2.30. The molecule has 1 aliphatic rings. The molecule has 5 nitrogen and oxygen atoms in total. The van der Waals surface area contributed by atoms with Crippen molar-refractivity contribution in [1.82, 2.24) is 9.55 Å². The second-order valence-corrected chi connectivity index (χ2v) is 5.34. The number of nitrogens with one attached hydrogen (secondary N) is 1. The number of aromatic amines is 1. The van der Waals surface area contributed by atoms with Gasteiger partial charge in [-0.2, -0.15) is 0 Å². The van der Waals surface area contributed by atoms with E-state index in [1.54, 1.807) is 0 Å². The van der Waals surface area contributed by atoms with E-state index < -0.39 is 11.2 Å². The summed E-state index contributed by atoms with van der Waals surface area (Å²) in [6, 6.07) is 11.2. The first-order valence-electron chi connectivity index (χ1n) is 6.62. The summed E-state index contributed by atoms with van der Waals surface area (Å²) in [6.07, 6.45) is 2.35. The Morgan fingerprint density at radius 1 is 1.25 bits per heavy atom. The van der Waals surface area contributed by atoms with Crippen LogP contribution in [0.5, 0.6) is 0 Å². The number of benzene rings is 1. The Morgan fingerprint density at radius 3 is 2.65 bits per heavy atom. The van der Waals surface area contributed by atoms with Gasteiger partial charge in [0.15, 0.2) is 0 Å². The summed E-state index contributed by atoms with van der Waals surface area (Å²) < 4.78 is 1.49. The van der Waals surface area contributed by atoms with Crippen molar-refractivity contribution in [2.75, 3.05) is 6.61 Å². The fourth-order valence-corrected chi connectivity index (χ4v) is 2.85. The standard InChI is InChI=1S/C15H16N2O3/c18-10-15(11-4-2-1-3-5-11)8-12(15)9-17-7-6-13(19)16-14(17)20/h1-7,12,18H,8-10H2,(H,16,19,20)/t12-,15+/m0/s1. The van der Waals surface area contributed by atoms with Crippen LogP contribution in [0.25, 0.3) is 0 Å². The normalized spacial score (nSPS) is 24.6. The molecule has 0 saturated heterocycles. The molecule has 2 atom stereocenters. The minimum Gasteiger partial charge on any atom is -0.395 e. The molecule has 1 saturated carbocycles. The van der Waals surface area contributed by atoms with Crippen molar-refractivity contribution in [2.45, 2.75) is 18.4 Å². The molecule has 0 radical (unpaired) electrons. The van der Waals surface area contributed by atoms with E-state index in [2.05, 4.69) is 4.98 Å². The number of aromatic nitrogens is 2. The van der Waals surface area contributed by atoms with E-state index in [1.807, 2.05) is 30.3 Å². The minimum absolute atomic E-state index is 0.0692. The van der Waals surface area contributed by atoms with Gasteiger partial charge < -0.3 is 9.67 Å². The quantitative estimate of drug-likeness (QED) is 0.850. The molecule has 1 aromatic heterocycles. The highest BCUT2D eigenvalue weighted by Gasteiger charge is 2.54. The molecular weight excluding hydrogens is 256 g/mol. The van der Waals surface area contributed by atoms with Crippen LogP contribution in [-0.4, -0.2) is 21.3 Å². The maximum absolute atomic E-state index is 11.7. The monoisotopic (exact) mass is 272 g/mol. The van der Waals surface area contributed by atoms with Gasteiger partial charge in [0.1, 0.15) is 0 Å². The predicted molar refractivity (Wildman–Crippen MR) is 74.6 cm³/mol. The van der Waals surface area contributed by atoms with Gasteiger partial charge in [0.2, 0.25) is 0 Å². The Morgan fingerprint density at radius 2 is 2.00 bits per heavy atom. The third-order valence-electron chi connectivity index (χ3n) is 4.18. The van der Waals surface area contributed by atoms with Crippen LogP contribution in [0, 0.1) is 5.92 Å². The van der Waals surface area contributed by atoms with Gasteiger partial charge in [0.25, 0.3) is 5.56 Å². The maximum atomic E-state index is 11.7. The lowest BCUT2D eigenvalue weighted by molar-refractivity contribution is 0.241. The van der Waals surface area contributed by atoms with Gasteiger partial charge in [-0.25, -0.2) is 4.79 Å². The fraction of sp³-hybridized carbons (Fsp3) is 0.333. The highest BCUT2D eigenvalue weighted by molar-refractivity contribution is 5.33. The Bertz CT molecular complexity index is 720. The second kappa shape index (κ2) is 4.76. The van der Waals surface area contributed by atoms with Crippen molar-refractivity contribution in [3.05, 3.63) is 69.0 Å². The molecule has 2 N–H and O–H groups in total. The molecule has 1 fully saturated rings. The SMILES string of the molecule is O=c1ccn(C[C@@H]2C[C@@]2(CO)c2ccccc2)c(=O)[nH]1. The average molecular weight is 272 g/mol. The van der Waals surface area contributed by atoms with Gasteiger partial charge in [0, 0.05) is 24.2 Å². The van der Waals surface area contributed by atoms with Gasteiger partial charge in [-0.3, -0.25) is 9.78 Å². The minimum atomic E-state index is -0.399. The molecule has 0 spiro atoms. The van der Waals surface area contributed by atoms with Crippen LogP contribution in [0.2, 0.25) is 0 Å². The van der Waals surface area contributed by atoms with Crippen LogP contribution < -0.4 is 11.2 Å². The van der Waals surface area contributed by atoms with Crippen molar-refractivity contribution in [3.63, 3.8) is 0 Å². The molecule has 0 aliphatic heterocycles. The van der Waals surface area contributed by atoms with E-state index in [-0.39, 0.29) is 17.9 Å². The fourth-order valence-electron chi connectivity index (χ4n) is 2.85. The highest BCUT2D eigenvalue weighted by Crippen LogP contribution is 2.54. The topological polar surface area (TPSA) is 75.1 Å². The number of aliphatic hydroxyl groups excluding tert-OH is 1. The molecular formula is C15H16N2O3. The lowest BCUT2D eigenvalue weighted by atomic mass is 9.94. The first-order chi connectivity index (χ1) is 9.65. The smallest absolute Gasteiger partial charge is 0.328 e. The van der Waals surface area contributed by atoms with Crippen LogP contribution >= 0.6 is 0 Å². The molecule has 2 aromatic rings. The molecule has 3 rings (SSSR count). The number of rotatable bonds is 4. The Balaban J connectivity index is 1.84. The Labute approximate surface area is 115 Å². The number of hydrogen-bond donors (Lipinski definition) is 2. The Hall–Kier alpha value is -2.14. The molecule has 104 valence electrons. The molecule has 1 aliphatic carbocycles. The summed E-state index contributed by atoms with van der Waals surface area (Å²) in [5, 5.41) is 9.73. The van der Waals surface area contributed by atoms with Crippen molar-refractivity contribution in [3.8, 4) is 0 Å². The molecule has 0 unspecified atom stereocenters. The van der Waals surface area contributed by atoms with Gasteiger partial charge >= 0.3 is 5.69 Å². The van der Waals surface area contributed by atoms with E-state index in [1.165, 1.54) is 16.8 Å². The van der Waals surface area contributed by atoms with E-state index in [0.717, 1.165) is 12.0 Å². The number of H-pyrrole nitrogens is 1. The third kappa shape index (κ3) is 2.10. The zero-order chi connectivity index (χ0) is 14.2. The summed E-state index contributed by atoms with van der Waals surface area (Å²) in [6.45, 7) is 0.574.